The topological polar surface area (TPSA) is 79.3 Å². The molecular formula is C23H19ClN2O3S2. The molecule has 0 unspecified atom stereocenters. The summed E-state index contributed by atoms with van der Waals surface area (Å²) >= 11 is 9.18. The molecule has 0 aliphatic heterocycles. The summed E-state index contributed by atoms with van der Waals surface area (Å²) in [5.74, 6) is -1.50. The number of thioether (sulfide) groups is 1. The Morgan fingerprint density at radius 2 is 1.87 bits per heavy atom. The Bertz CT molecular complexity index is 1190. The molecule has 8 heteroatoms. The normalized spacial score (nSPS) is 24.0. The molecule has 1 aromatic heterocycles. The van der Waals surface area contributed by atoms with E-state index in [1.165, 1.54) is 5.56 Å². The summed E-state index contributed by atoms with van der Waals surface area (Å²) in [7, 11) is 0. The quantitative estimate of drug-likeness (QED) is 0.356. The number of hydrogen-bond donors (Lipinski definition) is 2. The third-order valence-corrected chi connectivity index (χ3v) is 8.44. The number of benzene rings is 2. The van der Waals surface area contributed by atoms with E-state index >= 15 is 0 Å². The van der Waals surface area contributed by atoms with E-state index in [2.05, 4.69) is 10.3 Å². The van der Waals surface area contributed by atoms with Gasteiger partial charge >= 0.3 is 5.97 Å². The summed E-state index contributed by atoms with van der Waals surface area (Å²) in [5.41, 5.74) is 2.73. The molecule has 31 heavy (non-hydrogen) atoms. The first-order chi connectivity index (χ1) is 15.0. The van der Waals surface area contributed by atoms with Gasteiger partial charge in [0.15, 0.2) is 4.34 Å². The Labute approximate surface area is 192 Å². The molecule has 1 heterocycles. The first kappa shape index (κ1) is 20.5. The average Bonchev–Trinajstić information content (AvgIpc) is 3.47. The van der Waals surface area contributed by atoms with E-state index in [0.29, 0.717) is 5.69 Å². The van der Waals surface area contributed by atoms with Crippen molar-refractivity contribution in [2.45, 2.75) is 16.5 Å². The summed E-state index contributed by atoms with van der Waals surface area (Å²) in [6.45, 7) is 0. The number of nitrogens with one attached hydrogen (secondary N) is 1. The maximum atomic E-state index is 12.9. The number of hydrogen-bond acceptors (Lipinski definition) is 5. The molecule has 5 rings (SSSR count). The summed E-state index contributed by atoms with van der Waals surface area (Å²) in [6.07, 6.45) is 4.68. The van der Waals surface area contributed by atoms with Crippen molar-refractivity contribution in [1.29, 1.82) is 0 Å². The molecule has 0 saturated heterocycles. The number of rotatable bonds is 6. The second-order valence-electron chi connectivity index (χ2n) is 7.90. The zero-order valence-electron chi connectivity index (χ0n) is 16.3. The van der Waals surface area contributed by atoms with E-state index in [1.54, 1.807) is 23.1 Å². The summed E-state index contributed by atoms with van der Waals surface area (Å²) in [6, 6.07) is 13.4. The van der Waals surface area contributed by atoms with E-state index in [4.69, 9.17) is 11.6 Å². The van der Waals surface area contributed by atoms with Gasteiger partial charge in [-0.2, -0.15) is 0 Å². The standard InChI is InChI=1S/C23H19ClN2O3S2/c24-15-5-1-12(2-6-15)11-30-23-26-17-8-7-16(10-18(17)31-23)25-21(27)19-13-3-4-14(9-13)20(19)22(28)29/h1-8,10,13-14,19-20H,9,11H2,(H,25,27)(H,28,29)/t13-,14-,19+,20-/m0/s1. The number of fused-ring (bicyclic) bond motifs is 3. The number of amides is 1. The first-order valence-corrected chi connectivity index (χ1v) is 12.2. The maximum absolute atomic E-state index is 12.9. The third kappa shape index (κ3) is 4.10. The van der Waals surface area contributed by atoms with Gasteiger partial charge < -0.3 is 10.4 Å². The number of carbonyl (C=O) groups excluding carboxylic acids is 1. The van der Waals surface area contributed by atoms with Gasteiger partial charge in [-0.05, 0) is 54.2 Å². The van der Waals surface area contributed by atoms with Crippen molar-refractivity contribution >= 4 is 62.5 Å². The average molecular weight is 471 g/mol. The van der Waals surface area contributed by atoms with Crippen LogP contribution >= 0.6 is 34.7 Å². The van der Waals surface area contributed by atoms with Crippen LogP contribution in [0.4, 0.5) is 5.69 Å². The number of allylic oxidation sites excluding steroid dienone is 2. The van der Waals surface area contributed by atoms with E-state index < -0.39 is 17.8 Å². The second-order valence-corrected chi connectivity index (χ2v) is 10.6. The van der Waals surface area contributed by atoms with E-state index in [-0.39, 0.29) is 17.7 Å². The lowest BCUT2D eigenvalue weighted by Gasteiger charge is -2.23. The molecule has 0 spiro atoms. The molecule has 1 saturated carbocycles. The number of nitrogens with zero attached hydrogens (tertiary/aromatic N) is 1. The Balaban J connectivity index is 1.29. The van der Waals surface area contributed by atoms with Crippen LogP contribution in [-0.4, -0.2) is 22.0 Å². The molecule has 2 aliphatic rings. The molecule has 4 atom stereocenters. The minimum Gasteiger partial charge on any atom is -0.481 e. The first-order valence-electron chi connectivity index (χ1n) is 9.98. The maximum Gasteiger partial charge on any atom is 0.307 e. The third-order valence-electron chi connectivity index (χ3n) is 5.96. The highest BCUT2D eigenvalue weighted by atomic mass is 35.5. The number of carboxylic acids is 1. The van der Waals surface area contributed by atoms with Crippen LogP contribution in [-0.2, 0) is 15.3 Å². The summed E-state index contributed by atoms with van der Waals surface area (Å²) in [5, 5.41) is 13.2. The van der Waals surface area contributed by atoms with Gasteiger partial charge in [0.25, 0.3) is 0 Å². The van der Waals surface area contributed by atoms with Crippen molar-refractivity contribution in [2.75, 3.05) is 5.32 Å². The Hall–Kier alpha value is -2.35. The van der Waals surface area contributed by atoms with Gasteiger partial charge in [0, 0.05) is 16.5 Å². The lowest BCUT2D eigenvalue weighted by molar-refractivity contribution is -0.146. The molecule has 158 valence electrons. The molecule has 1 amide bonds. The molecule has 2 N–H and O–H groups in total. The lowest BCUT2D eigenvalue weighted by Crippen LogP contribution is -2.36. The zero-order valence-corrected chi connectivity index (χ0v) is 18.7. The molecule has 5 nitrogen and oxygen atoms in total. The van der Waals surface area contributed by atoms with Gasteiger partial charge in [0.2, 0.25) is 5.91 Å². The number of carboxylic acid groups (broad SMARTS) is 1. The van der Waals surface area contributed by atoms with E-state index in [9.17, 15) is 14.7 Å². The van der Waals surface area contributed by atoms with E-state index in [0.717, 1.165) is 31.8 Å². The number of thiazole rings is 1. The fraction of sp³-hybridized carbons (Fsp3) is 0.261. The van der Waals surface area contributed by atoms with Gasteiger partial charge in [-0.3, -0.25) is 9.59 Å². The number of halogens is 1. The smallest absolute Gasteiger partial charge is 0.307 e. The molecule has 2 aromatic carbocycles. The SMILES string of the molecule is O=C(O)[C@@H]1[C@H](C(=O)Nc2ccc3nc(SCc4ccc(Cl)cc4)sc3c2)[C@H]2C=C[C@H]1C2. The van der Waals surface area contributed by atoms with Crippen molar-refractivity contribution in [2.24, 2.45) is 23.7 Å². The number of carbonyl (C=O) groups is 2. The van der Waals surface area contributed by atoms with Crippen LogP contribution in [0.3, 0.4) is 0 Å². The van der Waals surface area contributed by atoms with Crippen molar-refractivity contribution in [3.63, 3.8) is 0 Å². The fourth-order valence-corrected chi connectivity index (χ4v) is 6.70. The van der Waals surface area contributed by atoms with Crippen molar-refractivity contribution in [3.8, 4) is 0 Å². The fourth-order valence-electron chi connectivity index (χ4n) is 4.51. The molecular weight excluding hydrogens is 452 g/mol. The van der Waals surface area contributed by atoms with Crippen LogP contribution in [0.5, 0.6) is 0 Å². The molecule has 2 bridgehead atoms. The Morgan fingerprint density at radius 1 is 1.13 bits per heavy atom. The van der Waals surface area contributed by atoms with Crippen molar-refractivity contribution < 1.29 is 14.7 Å². The number of anilines is 1. The van der Waals surface area contributed by atoms with Gasteiger partial charge in [0.05, 0.1) is 22.1 Å². The van der Waals surface area contributed by atoms with Crippen LogP contribution in [0.25, 0.3) is 10.2 Å². The van der Waals surface area contributed by atoms with Crippen LogP contribution in [0.15, 0.2) is 59.0 Å². The minimum atomic E-state index is -0.891. The van der Waals surface area contributed by atoms with Gasteiger partial charge in [-0.1, -0.05) is 47.6 Å². The molecule has 3 aromatic rings. The van der Waals surface area contributed by atoms with Crippen LogP contribution in [0.2, 0.25) is 5.02 Å². The van der Waals surface area contributed by atoms with Crippen molar-refractivity contribution in [3.05, 3.63) is 65.2 Å². The van der Waals surface area contributed by atoms with Crippen LogP contribution in [0.1, 0.15) is 12.0 Å². The summed E-state index contributed by atoms with van der Waals surface area (Å²) in [4.78, 5) is 29.3. The zero-order chi connectivity index (χ0) is 21.5. The monoisotopic (exact) mass is 470 g/mol. The van der Waals surface area contributed by atoms with Gasteiger partial charge in [0.1, 0.15) is 0 Å². The highest BCUT2D eigenvalue weighted by Gasteiger charge is 2.51. The molecule has 2 aliphatic carbocycles. The van der Waals surface area contributed by atoms with Gasteiger partial charge in [-0.15, -0.1) is 11.3 Å². The highest BCUT2D eigenvalue weighted by molar-refractivity contribution is 8.00. The largest absolute Gasteiger partial charge is 0.481 e. The van der Waals surface area contributed by atoms with Crippen LogP contribution in [0, 0.1) is 23.7 Å². The molecule has 1 fully saturated rings. The predicted molar refractivity (Wildman–Crippen MR) is 125 cm³/mol. The Kier molecular flexibility index (Phi) is 5.50. The second kappa shape index (κ2) is 8.30. The van der Waals surface area contributed by atoms with Gasteiger partial charge in [-0.25, -0.2) is 4.98 Å². The van der Waals surface area contributed by atoms with Crippen molar-refractivity contribution in [1.82, 2.24) is 4.98 Å². The number of aromatic nitrogens is 1. The number of aliphatic carboxylic acids is 1. The van der Waals surface area contributed by atoms with Crippen LogP contribution < -0.4 is 5.32 Å². The summed E-state index contributed by atoms with van der Waals surface area (Å²) < 4.78 is 1.94. The minimum absolute atomic E-state index is 0.00843. The van der Waals surface area contributed by atoms with E-state index in [1.807, 2.05) is 54.6 Å². The predicted octanol–water partition coefficient (Wildman–Crippen LogP) is 5.70. The highest BCUT2D eigenvalue weighted by Crippen LogP contribution is 2.48. The lowest BCUT2D eigenvalue weighted by atomic mass is 9.82. The Morgan fingerprint density at radius 3 is 2.61 bits per heavy atom. The molecule has 0 radical (unpaired) electrons.